The SMILES string of the molecule is CC(C)C(NC(=O)COc1ccc(F)cc1Cl)c1ccc(F)cc1. The fourth-order valence-corrected chi connectivity index (χ4v) is 2.48. The van der Waals surface area contributed by atoms with Gasteiger partial charge in [0, 0.05) is 0 Å². The molecule has 128 valence electrons. The fraction of sp³-hybridized carbons (Fsp3) is 0.278. The molecule has 1 amide bonds. The van der Waals surface area contributed by atoms with E-state index in [1.54, 1.807) is 12.1 Å². The molecule has 0 saturated heterocycles. The molecule has 0 fully saturated rings. The molecule has 1 atom stereocenters. The molecule has 3 nitrogen and oxygen atoms in total. The molecule has 0 heterocycles. The highest BCUT2D eigenvalue weighted by Gasteiger charge is 2.19. The lowest BCUT2D eigenvalue weighted by molar-refractivity contribution is -0.124. The van der Waals surface area contributed by atoms with Gasteiger partial charge in [-0.1, -0.05) is 37.6 Å². The van der Waals surface area contributed by atoms with Crippen molar-refractivity contribution in [1.29, 1.82) is 0 Å². The first-order valence-corrected chi connectivity index (χ1v) is 7.87. The molecular formula is C18H18ClF2NO2. The highest BCUT2D eigenvalue weighted by Crippen LogP contribution is 2.25. The molecule has 0 aromatic heterocycles. The minimum Gasteiger partial charge on any atom is -0.482 e. The van der Waals surface area contributed by atoms with E-state index < -0.39 is 5.82 Å². The van der Waals surface area contributed by atoms with Crippen molar-refractivity contribution in [2.45, 2.75) is 19.9 Å². The molecule has 0 radical (unpaired) electrons. The first-order chi connectivity index (χ1) is 11.4. The normalized spacial score (nSPS) is 12.1. The highest BCUT2D eigenvalue weighted by atomic mass is 35.5. The second-order valence-corrected chi connectivity index (χ2v) is 6.11. The van der Waals surface area contributed by atoms with Crippen molar-refractivity contribution in [3.63, 3.8) is 0 Å². The van der Waals surface area contributed by atoms with Crippen LogP contribution in [0.4, 0.5) is 8.78 Å². The summed E-state index contributed by atoms with van der Waals surface area (Å²) in [5, 5.41) is 2.95. The Labute approximate surface area is 144 Å². The Hall–Kier alpha value is -2.14. The summed E-state index contributed by atoms with van der Waals surface area (Å²) in [7, 11) is 0. The lowest BCUT2D eigenvalue weighted by atomic mass is 9.96. The van der Waals surface area contributed by atoms with Gasteiger partial charge in [-0.3, -0.25) is 4.79 Å². The third-order valence-corrected chi connectivity index (χ3v) is 3.76. The summed E-state index contributed by atoms with van der Waals surface area (Å²) < 4.78 is 31.3. The van der Waals surface area contributed by atoms with Crippen LogP contribution in [-0.2, 0) is 4.79 Å². The van der Waals surface area contributed by atoms with Crippen LogP contribution in [0.2, 0.25) is 5.02 Å². The third-order valence-electron chi connectivity index (χ3n) is 3.46. The summed E-state index contributed by atoms with van der Waals surface area (Å²) >= 11 is 5.85. The average molecular weight is 354 g/mol. The Morgan fingerprint density at radius 2 is 1.75 bits per heavy atom. The van der Waals surface area contributed by atoms with Gasteiger partial charge in [0.2, 0.25) is 0 Å². The standard InChI is InChI=1S/C18H18ClF2NO2/c1-11(2)18(12-3-5-13(20)6-4-12)22-17(23)10-24-16-8-7-14(21)9-15(16)19/h3-9,11,18H,10H2,1-2H3,(H,22,23). The first kappa shape index (κ1) is 18.2. The Morgan fingerprint density at radius 3 is 2.33 bits per heavy atom. The van der Waals surface area contributed by atoms with Gasteiger partial charge in [0.25, 0.3) is 5.91 Å². The number of benzene rings is 2. The Bertz CT molecular complexity index is 705. The number of ether oxygens (including phenoxy) is 1. The molecule has 1 unspecified atom stereocenters. The zero-order valence-corrected chi connectivity index (χ0v) is 14.1. The van der Waals surface area contributed by atoms with Crippen molar-refractivity contribution in [2.75, 3.05) is 6.61 Å². The van der Waals surface area contributed by atoms with Crippen LogP contribution < -0.4 is 10.1 Å². The van der Waals surface area contributed by atoms with Crippen LogP contribution in [0.3, 0.4) is 0 Å². The summed E-state index contributed by atoms with van der Waals surface area (Å²) in [4.78, 5) is 12.1. The van der Waals surface area contributed by atoms with Gasteiger partial charge < -0.3 is 10.1 Å². The van der Waals surface area contributed by atoms with Gasteiger partial charge in [0.15, 0.2) is 6.61 Å². The molecule has 2 aromatic carbocycles. The van der Waals surface area contributed by atoms with Gasteiger partial charge in [-0.15, -0.1) is 0 Å². The molecule has 2 rings (SSSR count). The van der Waals surface area contributed by atoms with Gasteiger partial charge in [0.05, 0.1) is 11.1 Å². The van der Waals surface area contributed by atoms with E-state index in [9.17, 15) is 13.6 Å². The Morgan fingerprint density at radius 1 is 1.12 bits per heavy atom. The summed E-state index contributed by atoms with van der Waals surface area (Å²) in [6.45, 7) is 3.65. The predicted octanol–water partition coefficient (Wildman–Crippen LogP) is 4.51. The van der Waals surface area contributed by atoms with Crippen LogP contribution in [0.15, 0.2) is 42.5 Å². The summed E-state index contributed by atoms with van der Waals surface area (Å²) in [6.07, 6.45) is 0. The molecule has 0 saturated carbocycles. The quantitative estimate of drug-likeness (QED) is 0.829. The number of nitrogens with one attached hydrogen (secondary N) is 1. The molecule has 0 bridgehead atoms. The molecule has 0 spiro atoms. The Kier molecular flexibility index (Phi) is 6.15. The summed E-state index contributed by atoms with van der Waals surface area (Å²) in [6, 6.07) is 9.39. The number of carbonyl (C=O) groups excluding carboxylic acids is 1. The van der Waals surface area contributed by atoms with Crippen molar-refractivity contribution in [3.8, 4) is 5.75 Å². The van der Waals surface area contributed by atoms with Crippen LogP contribution in [0.25, 0.3) is 0 Å². The Balaban J connectivity index is 1.99. The molecule has 2 aromatic rings. The van der Waals surface area contributed by atoms with Gasteiger partial charge in [-0.25, -0.2) is 8.78 Å². The second kappa shape index (κ2) is 8.11. The van der Waals surface area contributed by atoms with Crippen molar-refractivity contribution in [3.05, 3.63) is 64.7 Å². The summed E-state index contributed by atoms with van der Waals surface area (Å²) in [5.41, 5.74) is 0.805. The van der Waals surface area contributed by atoms with Crippen molar-refractivity contribution in [2.24, 2.45) is 5.92 Å². The van der Waals surface area contributed by atoms with E-state index in [1.807, 2.05) is 13.8 Å². The largest absolute Gasteiger partial charge is 0.482 e. The van der Waals surface area contributed by atoms with E-state index in [2.05, 4.69) is 5.32 Å². The highest BCUT2D eigenvalue weighted by molar-refractivity contribution is 6.32. The number of carbonyl (C=O) groups is 1. The molecule has 0 aliphatic rings. The second-order valence-electron chi connectivity index (χ2n) is 5.70. The first-order valence-electron chi connectivity index (χ1n) is 7.49. The van der Waals surface area contributed by atoms with Crippen LogP contribution in [-0.4, -0.2) is 12.5 Å². The number of hydrogen-bond donors (Lipinski definition) is 1. The van der Waals surface area contributed by atoms with Crippen molar-refractivity contribution >= 4 is 17.5 Å². The van der Waals surface area contributed by atoms with Crippen LogP contribution in [0, 0.1) is 17.6 Å². The van der Waals surface area contributed by atoms with E-state index in [0.717, 1.165) is 11.6 Å². The molecule has 0 aliphatic carbocycles. The van der Waals surface area contributed by atoms with E-state index in [0.29, 0.717) is 0 Å². The lowest BCUT2D eigenvalue weighted by Gasteiger charge is -2.23. The van der Waals surface area contributed by atoms with Gasteiger partial charge >= 0.3 is 0 Å². The number of hydrogen-bond acceptors (Lipinski definition) is 2. The average Bonchev–Trinajstić information content (AvgIpc) is 2.52. The van der Waals surface area contributed by atoms with Crippen LogP contribution >= 0.6 is 11.6 Å². The lowest BCUT2D eigenvalue weighted by Crippen LogP contribution is -2.35. The predicted molar refractivity (Wildman–Crippen MR) is 89.0 cm³/mol. The van der Waals surface area contributed by atoms with E-state index in [1.165, 1.54) is 24.3 Å². The number of amides is 1. The number of rotatable bonds is 6. The molecular weight excluding hydrogens is 336 g/mol. The minimum absolute atomic E-state index is 0.0988. The van der Waals surface area contributed by atoms with Crippen molar-refractivity contribution < 1.29 is 18.3 Å². The monoisotopic (exact) mass is 353 g/mol. The maximum absolute atomic E-state index is 13.0. The third kappa shape index (κ3) is 4.93. The molecule has 0 aliphatic heterocycles. The minimum atomic E-state index is -0.479. The fourth-order valence-electron chi connectivity index (χ4n) is 2.26. The topological polar surface area (TPSA) is 38.3 Å². The maximum Gasteiger partial charge on any atom is 0.258 e. The maximum atomic E-state index is 13.0. The summed E-state index contributed by atoms with van der Waals surface area (Å²) in [5.74, 6) is -0.821. The van der Waals surface area contributed by atoms with Crippen LogP contribution in [0.5, 0.6) is 5.75 Å². The molecule has 6 heteroatoms. The van der Waals surface area contributed by atoms with Gasteiger partial charge in [-0.05, 0) is 41.8 Å². The molecule has 1 N–H and O–H groups in total. The smallest absolute Gasteiger partial charge is 0.258 e. The van der Waals surface area contributed by atoms with E-state index in [-0.39, 0.29) is 41.1 Å². The van der Waals surface area contributed by atoms with Crippen LogP contribution in [0.1, 0.15) is 25.5 Å². The molecule has 24 heavy (non-hydrogen) atoms. The van der Waals surface area contributed by atoms with Gasteiger partial charge in [-0.2, -0.15) is 0 Å². The van der Waals surface area contributed by atoms with Gasteiger partial charge in [0.1, 0.15) is 17.4 Å². The van der Waals surface area contributed by atoms with E-state index >= 15 is 0 Å². The number of halogens is 3. The van der Waals surface area contributed by atoms with Crippen molar-refractivity contribution in [1.82, 2.24) is 5.32 Å². The van der Waals surface area contributed by atoms with E-state index in [4.69, 9.17) is 16.3 Å². The zero-order valence-electron chi connectivity index (χ0n) is 13.4. The zero-order chi connectivity index (χ0) is 17.7.